The normalized spacial score (nSPS) is 11.4. The van der Waals surface area contributed by atoms with Crippen LogP contribution in [-0.2, 0) is 5.41 Å². The highest BCUT2D eigenvalue weighted by molar-refractivity contribution is 7.80. The molecule has 0 aliphatic rings. The first-order valence-corrected chi connectivity index (χ1v) is 11.3. The fourth-order valence-electron chi connectivity index (χ4n) is 3.38. The van der Waals surface area contributed by atoms with E-state index < -0.39 is 0 Å². The average Bonchev–Trinajstić information content (AvgIpc) is 3.17. The first-order chi connectivity index (χ1) is 15.6. The number of thiocarbonyl (C=S) groups is 1. The number of rotatable bonds is 3. The molecule has 168 valence electrons. The largest absolute Gasteiger partial charge is 0.436 e. The Balaban J connectivity index is 1.48. The van der Waals surface area contributed by atoms with E-state index in [4.69, 9.17) is 28.2 Å². The van der Waals surface area contributed by atoms with E-state index in [2.05, 4.69) is 36.4 Å². The van der Waals surface area contributed by atoms with Crippen molar-refractivity contribution in [1.29, 1.82) is 0 Å². The van der Waals surface area contributed by atoms with Crippen LogP contribution >= 0.6 is 23.8 Å². The maximum Gasteiger partial charge on any atom is 0.257 e. The molecule has 7 heteroatoms. The van der Waals surface area contributed by atoms with Crippen molar-refractivity contribution in [2.45, 2.75) is 33.1 Å². The van der Waals surface area contributed by atoms with Gasteiger partial charge in [0.2, 0.25) is 5.89 Å². The van der Waals surface area contributed by atoms with E-state index in [1.807, 2.05) is 37.3 Å². The molecule has 4 aromatic rings. The molecule has 0 saturated heterocycles. The van der Waals surface area contributed by atoms with Crippen molar-refractivity contribution in [1.82, 2.24) is 10.3 Å². The van der Waals surface area contributed by atoms with Crippen molar-refractivity contribution in [2.24, 2.45) is 0 Å². The van der Waals surface area contributed by atoms with E-state index in [1.165, 1.54) is 0 Å². The lowest BCUT2D eigenvalue weighted by Crippen LogP contribution is -2.34. The first-order valence-electron chi connectivity index (χ1n) is 10.5. The molecule has 1 heterocycles. The van der Waals surface area contributed by atoms with Crippen LogP contribution in [0.15, 0.2) is 65.1 Å². The zero-order chi connectivity index (χ0) is 23.8. The molecule has 1 amide bonds. The van der Waals surface area contributed by atoms with Gasteiger partial charge in [-0.3, -0.25) is 10.1 Å². The molecule has 0 radical (unpaired) electrons. The number of carbonyl (C=O) groups is 1. The fraction of sp³-hybridized carbons (Fsp3) is 0.192. The minimum atomic E-state index is -0.281. The Morgan fingerprint density at radius 2 is 1.76 bits per heavy atom. The fourth-order valence-corrected chi connectivity index (χ4v) is 3.79. The van der Waals surface area contributed by atoms with Gasteiger partial charge in [0, 0.05) is 11.3 Å². The Morgan fingerprint density at radius 3 is 2.45 bits per heavy atom. The Kier molecular flexibility index (Phi) is 6.23. The maximum absolute atomic E-state index is 12.6. The van der Waals surface area contributed by atoms with Crippen LogP contribution in [0.2, 0.25) is 5.02 Å². The Hall–Kier alpha value is -3.22. The number of carbonyl (C=O) groups excluding carboxylic acids is 1. The number of fused-ring (bicyclic) bond motifs is 1. The van der Waals surface area contributed by atoms with Gasteiger partial charge in [-0.2, -0.15) is 0 Å². The molecule has 0 unspecified atom stereocenters. The number of hydrogen-bond acceptors (Lipinski definition) is 4. The number of nitrogens with zero attached hydrogens (tertiary/aromatic N) is 1. The quantitative estimate of drug-likeness (QED) is 0.315. The average molecular weight is 478 g/mol. The predicted octanol–water partition coefficient (Wildman–Crippen LogP) is 6.88. The van der Waals surface area contributed by atoms with Crippen molar-refractivity contribution in [3.63, 3.8) is 0 Å². The molecule has 2 N–H and O–H groups in total. The first kappa shape index (κ1) is 23.0. The monoisotopic (exact) mass is 477 g/mol. The highest BCUT2D eigenvalue weighted by atomic mass is 35.5. The molecular weight excluding hydrogens is 454 g/mol. The molecule has 5 nitrogen and oxygen atoms in total. The molecule has 0 aliphatic carbocycles. The molecule has 33 heavy (non-hydrogen) atoms. The van der Waals surface area contributed by atoms with Gasteiger partial charge in [-0.1, -0.05) is 50.6 Å². The summed E-state index contributed by atoms with van der Waals surface area (Å²) in [7, 11) is 0. The third-order valence-electron chi connectivity index (χ3n) is 5.24. The summed E-state index contributed by atoms with van der Waals surface area (Å²) >= 11 is 11.7. The van der Waals surface area contributed by atoms with Gasteiger partial charge in [0.25, 0.3) is 5.91 Å². The summed E-state index contributed by atoms with van der Waals surface area (Å²) in [6.45, 7) is 8.38. The lowest BCUT2D eigenvalue weighted by Gasteiger charge is -2.19. The summed E-state index contributed by atoms with van der Waals surface area (Å²) in [6.07, 6.45) is 0. The van der Waals surface area contributed by atoms with Gasteiger partial charge in [-0.05, 0) is 78.1 Å². The Bertz CT molecular complexity index is 1350. The molecule has 3 aromatic carbocycles. The van der Waals surface area contributed by atoms with Crippen LogP contribution < -0.4 is 10.6 Å². The van der Waals surface area contributed by atoms with Gasteiger partial charge in [0.05, 0.1) is 10.6 Å². The second-order valence-electron chi connectivity index (χ2n) is 8.92. The second-order valence-corrected chi connectivity index (χ2v) is 9.74. The number of halogens is 1. The molecule has 0 saturated carbocycles. The van der Waals surface area contributed by atoms with Crippen molar-refractivity contribution in [3.8, 4) is 11.5 Å². The van der Waals surface area contributed by atoms with Gasteiger partial charge < -0.3 is 9.73 Å². The summed E-state index contributed by atoms with van der Waals surface area (Å²) < 4.78 is 5.88. The number of benzene rings is 3. The van der Waals surface area contributed by atoms with E-state index in [1.54, 1.807) is 30.3 Å². The van der Waals surface area contributed by atoms with E-state index in [0.717, 1.165) is 16.6 Å². The third kappa shape index (κ3) is 5.24. The Labute approximate surface area is 203 Å². The predicted molar refractivity (Wildman–Crippen MR) is 138 cm³/mol. The molecular formula is C26H24ClN3O2S. The summed E-state index contributed by atoms with van der Waals surface area (Å²) in [5, 5.41) is 6.42. The molecule has 0 spiro atoms. The van der Waals surface area contributed by atoms with E-state index in [9.17, 15) is 4.79 Å². The van der Waals surface area contributed by atoms with E-state index in [0.29, 0.717) is 33.3 Å². The van der Waals surface area contributed by atoms with E-state index in [-0.39, 0.29) is 16.4 Å². The highest BCUT2D eigenvalue weighted by Crippen LogP contribution is 2.32. The van der Waals surface area contributed by atoms with Gasteiger partial charge in [0.1, 0.15) is 5.52 Å². The van der Waals surface area contributed by atoms with E-state index >= 15 is 0 Å². The number of aryl methyl sites for hydroxylation is 1. The highest BCUT2D eigenvalue weighted by Gasteiger charge is 2.16. The Morgan fingerprint density at radius 1 is 1.03 bits per heavy atom. The zero-order valence-electron chi connectivity index (χ0n) is 18.8. The molecule has 0 atom stereocenters. The van der Waals surface area contributed by atoms with Crippen LogP contribution in [-0.4, -0.2) is 16.0 Å². The van der Waals surface area contributed by atoms with Crippen LogP contribution in [0.4, 0.5) is 5.69 Å². The van der Waals surface area contributed by atoms with Crippen molar-refractivity contribution >= 4 is 51.6 Å². The maximum atomic E-state index is 12.6. The smallest absolute Gasteiger partial charge is 0.257 e. The summed E-state index contributed by atoms with van der Waals surface area (Å²) in [5.74, 6) is 0.134. The summed E-state index contributed by atoms with van der Waals surface area (Å²) in [5.41, 5.74) is 5.53. The SMILES string of the molecule is Cc1ccc2oc(-c3cc(NC(=S)NC(=O)c4ccc(C(C)(C)C)cc4)ccc3Cl)nc2c1. The molecule has 0 bridgehead atoms. The van der Waals surface area contributed by atoms with Crippen LogP contribution in [0.3, 0.4) is 0 Å². The van der Waals surface area contributed by atoms with Gasteiger partial charge in [-0.25, -0.2) is 4.98 Å². The number of hydrogen-bond donors (Lipinski definition) is 2. The summed E-state index contributed by atoms with van der Waals surface area (Å²) in [4.78, 5) is 17.1. The van der Waals surface area contributed by atoms with Crippen molar-refractivity contribution < 1.29 is 9.21 Å². The van der Waals surface area contributed by atoms with Crippen molar-refractivity contribution in [3.05, 3.63) is 82.4 Å². The number of amides is 1. The summed E-state index contributed by atoms with van der Waals surface area (Å²) in [6, 6.07) is 18.6. The molecule has 0 aliphatic heterocycles. The van der Waals surface area contributed by atoms with Crippen molar-refractivity contribution in [2.75, 3.05) is 5.32 Å². The number of nitrogens with one attached hydrogen (secondary N) is 2. The number of anilines is 1. The van der Waals surface area contributed by atoms with Crippen LogP contribution in [0.5, 0.6) is 0 Å². The minimum absolute atomic E-state index is 0.0195. The third-order valence-corrected chi connectivity index (χ3v) is 5.77. The molecule has 4 rings (SSSR count). The zero-order valence-corrected chi connectivity index (χ0v) is 20.4. The number of oxazole rings is 1. The van der Waals surface area contributed by atoms with Gasteiger partial charge in [-0.15, -0.1) is 0 Å². The topological polar surface area (TPSA) is 67.2 Å². The molecule has 0 fully saturated rings. The van der Waals surface area contributed by atoms with Crippen LogP contribution in [0.1, 0.15) is 42.3 Å². The van der Waals surface area contributed by atoms with Gasteiger partial charge in [0.15, 0.2) is 10.7 Å². The minimum Gasteiger partial charge on any atom is -0.436 e. The van der Waals surface area contributed by atoms with Gasteiger partial charge >= 0.3 is 0 Å². The second kappa shape index (κ2) is 8.96. The standard InChI is InChI=1S/C26H24ClN3O2S/c1-15-5-12-22-21(13-15)29-24(32-22)19-14-18(10-11-20(19)27)28-25(33)30-23(31)16-6-8-17(9-7-16)26(2,3)4/h5-14H,1-4H3,(H2,28,30,31,33). The van der Waals surface area contributed by atoms with Crippen LogP contribution in [0, 0.1) is 6.92 Å². The lowest BCUT2D eigenvalue weighted by atomic mass is 9.87. The number of aromatic nitrogens is 1. The molecule has 1 aromatic heterocycles. The van der Waals surface area contributed by atoms with Crippen LogP contribution in [0.25, 0.3) is 22.6 Å². The lowest BCUT2D eigenvalue weighted by molar-refractivity contribution is 0.0977.